The van der Waals surface area contributed by atoms with Gasteiger partial charge in [0.15, 0.2) is 9.84 Å². The van der Waals surface area contributed by atoms with Gasteiger partial charge in [0.05, 0.1) is 16.9 Å². The Bertz CT molecular complexity index is 964. The molecule has 0 saturated carbocycles. The lowest BCUT2D eigenvalue weighted by atomic mass is 10.0. The first-order valence-electron chi connectivity index (χ1n) is 7.53. The molecule has 0 atom stereocenters. The van der Waals surface area contributed by atoms with Gasteiger partial charge in [0, 0.05) is 17.5 Å². The normalized spacial score (nSPS) is 12.7. The van der Waals surface area contributed by atoms with Gasteiger partial charge >= 0.3 is 12.4 Å². The Morgan fingerprint density at radius 1 is 0.929 bits per heavy atom. The first kappa shape index (κ1) is 21.7. The lowest BCUT2D eigenvalue weighted by Gasteiger charge is -2.14. The van der Waals surface area contributed by atoms with Crippen LogP contribution in [0.4, 0.5) is 32.0 Å². The zero-order valence-corrected chi connectivity index (χ0v) is 15.0. The highest BCUT2D eigenvalue weighted by Crippen LogP contribution is 2.36. The van der Waals surface area contributed by atoms with Crippen LogP contribution in [0.5, 0.6) is 0 Å². The summed E-state index contributed by atoms with van der Waals surface area (Å²) in [6.07, 6.45) is -9.17. The van der Waals surface area contributed by atoms with E-state index in [-0.39, 0.29) is 17.5 Å². The molecule has 0 aliphatic heterocycles. The van der Waals surface area contributed by atoms with Crippen LogP contribution in [0, 0.1) is 0 Å². The minimum Gasteiger partial charge on any atom is -0.322 e. The molecule has 0 saturated heterocycles. The molecule has 0 aliphatic carbocycles. The fourth-order valence-corrected chi connectivity index (χ4v) is 3.12. The highest BCUT2D eigenvalue weighted by molar-refractivity contribution is 7.89. The van der Waals surface area contributed by atoms with Crippen molar-refractivity contribution >= 4 is 21.4 Å². The van der Waals surface area contributed by atoms with Crippen molar-refractivity contribution in [3.05, 3.63) is 64.7 Å². The molecule has 11 heteroatoms. The van der Waals surface area contributed by atoms with Crippen LogP contribution in [0.2, 0.25) is 0 Å². The van der Waals surface area contributed by atoms with Gasteiger partial charge in [-0.05, 0) is 35.9 Å². The van der Waals surface area contributed by atoms with Crippen LogP contribution in [0.25, 0.3) is 0 Å². The van der Waals surface area contributed by atoms with Crippen molar-refractivity contribution < 1.29 is 39.6 Å². The quantitative estimate of drug-likeness (QED) is 0.733. The van der Waals surface area contributed by atoms with E-state index in [2.05, 4.69) is 5.32 Å². The number of carbonyl (C=O) groups excluding carboxylic acids is 1. The molecule has 4 nitrogen and oxygen atoms in total. The van der Waals surface area contributed by atoms with E-state index in [0.717, 1.165) is 6.26 Å². The molecule has 2 aromatic rings. The van der Waals surface area contributed by atoms with Crippen molar-refractivity contribution in [2.75, 3.05) is 11.6 Å². The van der Waals surface area contributed by atoms with E-state index in [1.807, 2.05) is 0 Å². The number of rotatable bonds is 4. The summed E-state index contributed by atoms with van der Waals surface area (Å²) in [5.41, 5.74) is -3.75. The molecule has 0 heterocycles. The van der Waals surface area contributed by atoms with Crippen LogP contribution >= 0.6 is 0 Å². The Kier molecular flexibility index (Phi) is 5.79. The molecular formula is C17H13F6NO3S. The first-order valence-corrected chi connectivity index (χ1v) is 9.59. The summed E-state index contributed by atoms with van der Waals surface area (Å²) in [5.74, 6) is -1.55. The average Bonchev–Trinajstić information content (AvgIpc) is 2.51. The molecule has 0 aliphatic rings. The number of sulfone groups is 1. The van der Waals surface area contributed by atoms with Crippen molar-refractivity contribution in [1.29, 1.82) is 0 Å². The summed E-state index contributed by atoms with van der Waals surface area (Å²) in [7, 11) is -3.38. The molecular weight excluding hydrogens is 412 g/mol. The van der Waals surface area contributed by atoms with Gasteiger partial charge in [0.25, 0.3) is 5.91 Å². The number of anilines is 1. The molecule has 1 amide bonds. The molecule has 0 bridgehead atoms. The maximum absolute atomic E-state index is 12.9. The second-order valence-electron chi connectivity index (χ2n) is 6.02. The summed E-state index contributed by atoms with van der Waals surface area (Å²) in [4.78, 5) is 12.2. The Morgan fingerprint density at radius 2 is 1.46 bits per heavy atom. The van der Waals surface area contributed by atoms with E-state index in [1.54, 1.807) is 0 Å². The molecule has 0 unspecified atom stereocenters. The van der Waals surface area contributed by atoms with Crippen molar-refractivity contribution in [1.82, 2.24) is 0 Å². The van der Waals surface area contributed by atoms with E-state index in [1.165, 1.54) is 24.3 Å². The van der Waals surface area contributed by atoms with Crippen LogP contribution in [-0.2, 0) is 27.9 Å². The third-order valence-corrected chi connectivity index (χ3v) is 4.32. The SMILES string of the molecule is CS(=O)(=O)Cc1cccc(NC(=O)c2cc(C(F)(F)F)cc(C(F)(F)F)c2)c1. The van der Waals surface area contributed by atoms with E-state index >= 15 is 0 Å². The topological polar surface area (TPSA) is 63.2 Å². The van der Waals surface area contributed by atoms with Gasteiger partial charge in [-0.25, -0.2) is 8.42 Å². The Hall–Kier alpha value is -2.56. The van der Waals surface area contributed by atoms with Gasteiger partial charge in [-0.2, -0.15) is 26.3 Å². The van der Waals surface area contributed by atoms with Crippen molar-refractivity contribution in [3.63, 3.8) is 0 Å². The standard InChI is InChI=1S/C17H13F6NO3S/c1-28(26,27)9-10-3-2-4-14(5-10)24-15(25)11-6-12(16(18,19)20)8-13(7-11)17(21,22)23/h2-8H,9H2,1H3,(H,24,25). The number of nitrogens with one attached hydrogen (secondary N) is 1. The number of amides is 1. The lowest BCUT2D eigenvalue weighted by molar-refractivity contribution is -0.143. The minimum absolute atomic E-state index is 0.0251. The molecule has 2 rings (SSSR count). The summed E-state index contributed by atoms with van der Waals surface area (Å²) in [6, 6.07) is 5.96. The highest BCUT2D eigenvalue weighted by Gasteiger charge is 2.37. The third kappa shape index (κ3) is 5.98. The second kappa shape index (κ2) is 7.46. The van der Waals surface area contributed by atoms with Crippen LogP contribution in [0.3, 0.4) is 0 Å². The number of halogens is 6. The smallest absolute Gasteiger partial charge is 0.322 e. The van der Waals surface area contributed by atoms with E-state index in [4.69, 9.17) is 0 Å². The number of hydrogen-bond acceptors (Lipinski definition) is 3. The summed E-state index contributed by atoms with van der Waals surface area (Å²) in [5, 5.41) is 2.17. The maximum atomic E-state index is 12.9. The largest absolute Gasteiger partial charge is 0.416 e. The van der Waals surface area contributed by atoms with Crippen LogP contribution < -0.4 is 5.32 Å². The Balaban J connectivity index is 2.38. The molecule has 0 aromatic heterocycles. The van der Waals surface area contributed by atoms with Crippen LogP contribution in [0.15, 0.2) is 42.5 Å². The fraction of sp³-hybridized carbons (Fsp3) is 0.235. The summed E-state index contributed by atoms with van der Waals surface area (Å²) >= 11 is 0. The first-order chi connectivity index (χ1) is 12.6. The van der Waals surface area contributed by atoms with Crippen molar-refractivity contribution in [3.8, 4) is 0 Å². The van der Waals surface area contributed by atoms with Gasteiger partial charge in [0.1, 0.15) is 0 Å². The number of hydrogen-bond donors (Lipinski definition) is 1. The van der Waals surface area contributed by atoms with Crippen LogP contribution in [0.1, 0.15) is 27.0 Å². The predicted octanol–water partition coefficient (Wildman–Crippen LogP) is 4.52. The molecule has 0 radical (unpaired) electrons. The van der Waals surface area contributed by atoms with E-state index in [9.17, 15) is 39.6 Å². The molecule has 2 aromatic carbocycles. The van der Waals surface area contributed by atoms with Gasteiger partial charge in [-0.1, -0.05) is 12.1 Å². The van der Waals surface area contributed by atoms with Crippen molar-refractivity contribution in [2.24, 2.45) is 0 Å². The second-order valence-corrected chi connectivity index (χ2v) is 8.16. The number of benzene rings is 2. The Morgan fingerprint density at radius 3 is 1.93 bits per heavy atom. The van der Waals surface area contributed by atoms with Gasteiger partial charge < -0.3 is 5.32 Å². The number of carbonyl (C=O) groups is 1. The maximum Gasteiger partial charge on any atom is 0.416 e. The zero-order chi connectivity index (χ0) is 21.3. The third-order valence-electron chi connectivity index (χ3n) is 3.46. The van der Waals surface area contributed by atoms with E-state index in [0.29, 0.717) is 17.7 Å². The molecule has 0 spiro atoms. The zero-order valence-electron chi connectivity index (χ0n) is 14.1. The summed E-state index contributed by atoms with van der Waals surface area (Å²) in [6.45, 7) is 0. The van der Waals surface area contributed by atoms with Crippen LogP contribution in [-0.4, -0.2) is 20.6 Å². The minimum atomic E-state index is -5.08. The Labute approximate surface area is 156 Å². The molecule has 0 fully saturated rings. The fourth-order valence-electron chi connectivity index (χ4n) is 2.33. The monoisotopic (exact) mass is 425 g/mol. The molecule has 152 valence electrons. The van der Waals surface area contributed by atoms with Gasteiger partial charge in [0.2, 0.25) is 0 Å². The summed E-state index contributed by atoms with van der Waals surface area (Å²) < 4.78 is 99.9. The predicted molar refractivity (Wildman–Crippen MR) is 89.4 cm³/mol. The molecule has 1 N–H and O–H groups in total. The van der Waals surface area contributed by atoms with Gasteiger partial charge in [-0.3, -0.25) is 4.79 Å². The van der Waals surface area contributed by atoms with Gasteiger partial charge in [-0.15, -0.1) is 0 Å². The van der Waals surface area contributed by atoms with E-state index < -0.39 is 44.8 Å². The van der Waals surface area contributed by atoms with Crippen molar-refractivity contribution in [2.45, 2.75) is 18.1 Å². The lowest BCUT2D eigenvalue weighted by Crippen LogP contribution is -2.17. The number of alkyl halides is 6. The highest BCUT2D eigenvalue weighted by atomic mass is 32.2. The molecule has 28 heavy (non-hydrogen) atoms. The average molecular weight is 425 g/mol.